The summed E-state index contributed by atoms with van der Waals surface area (Å²) in [4.78, 5) is 27.2. The summed E-state index contributed by atoms with van der Waals surface area (Å²) < 4.78 is 32.7. The molecule has 3 heterocycles. The largest absolute Gasteiger partial charge is 0.360 e. The highest BCUT2D eigenvalue weighted by Gasteiger charge is 2.34. The SMILES string of the molecule is Cc1noc(C)c1S(=O)(=O)N1CCCN(C(=O)C2=NN(Cc3ccccc3)C(=O)CC2)CC1. The smallest absolute Gasteiger partial charge is 0.270 e. The van der Waals surface area contributed by atoms with Gasteiger partial charge >= 0.3 is 0 Å². The lowest BCUT2D eigenvalue weighted by Gasteiger charge is -2.27. The minimum absolute atomic E-state index is 0.0917. The van der Waals surface area contributed by atoms with Crippen LogP contribution in [-0.2, 0) is 26.2 Å². The topological polar surface area (TPSA) is 116 Å². The number of benzene rings is 1. The second-order valence-corrected chi connectivity index (χ2v) is 10.1. The van der Waals surface area contributed by atoms with Crippen LogP contribution in [0.3, 0.4) is 0 Å². The Balaban J connectivity index is 1.46. The zero-order valence-electron chi connectivity index (χ0n) is 18.7. The third kappa shape index (κ3) is 4.83. The second kappa shape index (κ2) is 9.44. The zero-order valence-corrected chi connectivity index (χ0v) is 19.5. The Morgan fingerprint density at radius 1 is 1.06 bits per heavy atom. The van der Waals surface area contributed by atoms with E-state index in [9.17, 15) is 18.0 Å². The summed E-state index contributed by atoms with van der Waals surface area (Å²) in [7, 11) is -3.77. The molecule has 0 unspecified atom stereocenters. The summed E-state index contributed by atoms with van der Waals surface area (Å²) in [5, 5.41) is 9.45. The Morgan fingerprint density at radius 2 is 1.82 bits per heavy atom. The molecule has 0 bridgehead atoms. The predicted octanol–water partition coefficient (Wildman–Crippen LogP) is 1.69. The highest BCUT2D eigenvalue weighted by Crippen LogP contribution is 2.24. The molecule has 2 amide bonds. The van der Waals surface area contributed by atoms with Crippen LogP contribution in [0.2, 0.25) is 0 Å². The third-order valence-corrected chi connectivity index (χ3v) is 7.98. The van der Waals surface area contributed by atoms with Gasteiger partial charge in [-0.2, -0.15) is 9.41 Å². The van der Waals surface area contributed by atoms with Gasteiger partial charge in [-0.3, -0.25) is 9.59 Å². The number of carbonyl (C=O) groups excluding carboxylic acids is 2. The summed E-state index contributed by atoms with van der Waals surface area (Å²) in [6.45, 7) is 4.59. The van der Waals surface area contributed by atoms with Crippen molar-refractivity contribution >= 4 is 27.5 Å². The molecular formula is C22H27N5O5S. The first-order valence-corrected chi connectivity index (χ1v) is 12.4. The summed E-state index contributed by atoms with van der Waals surface area (Å²) in [6, 6.07) is 9.48. The number of aryl methyl sites for hydroxylation is 2. The summed E-state index contributed by atoms with van der Waals surface area (Å²) in [6.07, 6.45) is 0.993. The molecule has 0 aliphatic carbocycles. The van der Waals surface area contributed by atoms with Gasteiger partial charge in [-0.25, -0.2) is 13.4 Å². The Hall–Kier alpha value is -3.05. The molecule has 0 radical (unpaired) electrons. The Morgan fingerprint density at radius 3 is 2.52 bits per heavy atom. The van der Waals surface area contributed by atoms with E-state index in [0.717, 1.165) is 5.56 Å². The van der Waals surface area contributed by atoms with Crippen molar-refractivity contribution in [1.29, 1.82) is 0 Å². The lowest BCUT2D eigenvalue weighted by Crippen LogP contribution is -2.43. The van der Waals surface area contributed by atoms with Crippen LogP contribution in [0.15, 0.2) is 44.9 Å². The molecule has 0 saturated carbocycles. The van der Waals surface area contributed by atoms with Gasteiger partial charge in [0.2, 0.25) is 15.9 Å². The average molecular weight is 474 g/mol. The number of hydrazone groups is 1. The van der Waals surface area contributed by atoms with E-state index in [-0.39, 0.29) is 48.4 Å². The van der Waals surface area contributed by atoms with Gasteiger partial charge in [0.15, 0.2) is 5.76 Å². The number of hydrogen-bond donors (Lipinski definition) is 0. The maximum Gasteiger partial charge on any atom is 0.270 e. The molecule has 1 aromatic carbocycles. The van der Waals surface area contributed by atoms with Crippen molar-refractivity contribution in [3.05, 3.63) is 47.3 Å². The molecule has 0 N–H and O–H groups in total. The normalized spacial score (nSPS) is 18.2. The van der Waals surface area contributed by atoms with Crippen LogP contribution in [0, 0.1) is 13.8 Å². The maximum atomic E-state index is 13.2. The molecule has 2 aliphatic heterocycles. The van der Waals surface area contributed by atoms with E-state index < -0.39 is 10.0 Å². The molecule has 2 aromatic rings. The Labute approximate surface area is 192 Å². The van der Waals surface area contributed by atoms with Crippen molar-refractivity contribution in [2.75, 3.05) is 26.2 Å². The predicted molar refractivity (Wildman–Crippen MR) is 120 cm³/mol. The monoisotopic (exact) mass is 473 g/mol. The number of hydrogen-bond acceptors (Lipinski definition) is 7. The molecule has 33 heavy (non-hydrogen) atoms. The van der Waals surface area contributed by atoms with Gasteiger partial charge in [-0.15, -0.1) is 0 Å². The van der Waals surface area contributed by atoms with Gasteiger partial charge in [-0.05, 0) is 25.8 Å². The highest BCUT2D eigenvalue weighted by molar-refractivity contribution is 7.89. The van der Waals surface area contributed by atoms with E-state index >= 15 is 0 Å². The molecule has 1 aromatic heterocycles. The molecule has 10 nitrogen and oxygen atoms in total. The van der Waals surface area contributed by atoms with Crippen LogP contribution >= 0.6 is 0 Å². The third-order valence-electron chi connectivity index (χ3n) is 5.83. The summed E-state index contributed by atoms with van der Waals surface area (Å²) in [5.74, 6) is -0.121. The van der Waals surface area contributed by atoms with E-state index in [1.807, 2.05) is 30.3 Å². The number of nitrogens with zero attached hydrogens (tertiary/aromatic N) is 5. The Bertz CT molecular complexity index is 1160. The van der Waals surface area contributed by atoms with E-state index in [0.29, 0.717) is 37.5 Å². The number of sulfonamides is 1. The lowest BCUT2D eigenvalue weighted by molar-refractivity contribution is -0.132. The van der Waals surface area contributed by atoms with Crippen LogP contribution in [-0.4, -0.2) is 71.5 Å². The first kappa shape index (κ1) is 23.1. The number of amides is 2. The molecule has 2 aliphatic rings. The quantitative estimate of drug-likeness (QED) is 0.653. The molecule has 1 fully saturated rings. The highest BCUT2D eigenvalue weighted by atomic mass is 32.2. The standard InChI is InChI=1S/C22H27N5O5S/c1-16-21(17(2)32-24-16)33(30,31)26-12-6-11-25(13-14-26)22(29)19-9-10-20(28)27(23-19)15-18-7-4-3-5-8-18/h3-5,7-8H,6,9-15H2,1-2H3. The average Bonchev–Trinajstić information content (AvgIpc) is 2.99. The summed E-state index contributed by atoms with van der Waals surface area (Å²) in [5.41, 5.74) is 1.58. The fourth-order valence-corrected chi connectivity index (χ4v) is 5.89. The van der Waals surface area contributed by atoms with Gasteiger partial charge < -0.3 is 9.42 Å². The van der Waals surface area contributed by atoms with Crippen molar-refractivity contribution < 1.29 is 22.5 Å². The molecular weight excluding hydrogens is 446 g/mol. The Kier molecular flexibility index (Phi) is 6.61. The van der Waals surface area contributed by atoms with Gasteiger partial charge in [0.25, 0.3) is 5.91 Å². The van der Waals surface area contributed by atoms with Gasteiger partial charge in [0, 0.05) is 39.0 Å². The molecule has 1 saturated heterocycles. The zero-order chi connectivity index (χ0) is 23.6. The molecule has 4 rings (SSSR count). The van der Waals surface area contributed by atoms with Gasteiger partial charge in [-0.1, -0.05) is 35.5 Å². The fourth-order valence-electron chi connectivity index (χ4n) is 4.13. The first-order valence-electron chi connectivity index (χ1n) is 10.9. The van der Waals surface area contributed by atoms with Crippen LogP contribution in [0.25, 0.3) is 0 Å². The van der Waals surface area contributed by atoms with Crippen LogP contribution in [0.4, 0.5) is 0 Å². The van der Waals surface area contributed by atoms with E-state index in [1.54, 1.807) is 18.7 Å². The number of rotatable bonds is 5. The molecule has 176 valence electrons. The van der Waals surface area contributed by atoms with Gasteiger partial charge in [0.1, 0.15) is 16.3 Å². The van der Waals surface area contributed by atoms with Crippen molar-refractivity contribution in [3.63, 3.8) is 0 Å². The summed E-state index contributed by atoms with van der Waals surface area (Å²) >= 11 is 0. The van der Waals surface area contributed by atoms with E-state index in [2.05, 4.69) is 10.3 Å². The maximum absolute atomic E-state index is 13.2. The molecule has 0 atom stereocenters. The molecule has 0 spiro atoms. The van der Waals surface area contributed by atoms with Crippen LogP contribution in [0.1, 0.15) is 36.3 Å². The van der Waals surface area contributed by atoms with Crippen LogP contribution in [0.5, 0.6) is 0 Å². The number of aromatic nitrogens is 1. The van der Waals surface area contributed by atoms with Crippen molar-refractivity contribution in [3.8, 4) is 0 Å². The van der Waals surface area contributed by atoms with Crippen LogP contribution < -0.4 is 0 Å². The minimum Gasteiger partial charge on any atom is -0.360 e. The van der Waals surface area contributed by atoms with Crippen molar-refractivity contribution in [2.45, 2.75) is 44.6 Å². The lowest BCUT2D eigenvalue weighted by atomic mass is 10.1. The minimum atomic E-state index is -3.77. The number of carbonyl (C=O) groups is 2. The fraction of sp³-hybridized carbons (Fsp3) is 0.455. The second-order valence-electron chi connectivity index (χ2n) is 8.19. The van der Waals surface area contributed by atoms with Crippen molar-refractivity contribution in [1.82, 2.24) is 19.4 Å². The first-order chi connectivity index (χ1) is 15.8. The van der Waals surface area contributed by atoms with Crippen molar-refractivity contribution in [2.24, 2.45) is 5.10 Å². The molecule has 11 heteroatoms. The van der Waals surface area contributed by atoms with E-state index in [1.165, 1.54) is 9.31 Å². The van der Waals surface area contributed by atoms with E-state index in [4.69, 9.17) is 4.52 Å². The van der Waals surface area contributed by atoms with Gasteiger partial charge in [0.05, 0.1) is 6.54 Å².